The monoisotopic (exact) mass is 464 g/mol. The molecule has 8 heteroatoms. The first-order chi connectivity index (χ1) is 15.5. The van der Waals surface area contributed by atoms with Gasteiger partial charge in [-0.15, -0.1) is 16.5 Å². The number of hydrogen-bond acceptors (Lipinski definition) is 8. The van der Waals surface area contributed by atoms with Crippen LogP contribution in [0.2, 0.25) is 0 Å². The highest BCUT2D eigenvalue weighted by Gasteiger charge is 2.41. The van der Waals surface area contributed by atoms with E-state index >= 15 is 0 Å². The van der Waals surface area contributed by atoms with Crippen LogP contribution in [0.4, 0.5) is 0 Å². The summed E-state index contributed by atoms with van der Waals surface area (Å²) < 4.78 is 12.1. The molecule has 4 rings (SSSR count). The van der Waals surface area contributed by atoms with E-state index in [1.54, 1.807) is 0 Å². The minimum absolute atomic E-state index is 0.0808. The lowest BCUT2D eigenvalue weighted by Gasteiger charge is -2.44. The molecule has 1 saturated carbocycles. The van der Waals surface area contributed by atoms with Crippen LogP contribution in [0.25, 0.3) is 0 Å². The third-order valence-corrected chi connectivity index (χ3v) is 8.39. The molecule has 0 aromatic carbocycles. The van der Waals surface area contributed by atoms with Crippen LogP contribution in [-0.2, 0) is 28.7 Å². The van der Waals surface area contributed by atoms with Gasteiger partial charge in [-0.1, -0.05) is 6.92 Å². The predicted octanol–water partition coefficient (Wildman–Crippen LogP) is 2.56. The Hall–Kier alpha value is -1.16. The smallest absolute Gasteiger partial charge is 0.0874 e. The van der Waals surface area contributed by atoms with Crippen molar-refractivity contribution in [1.82, 2.24) is 20.5 Å². The second-order valence-electron chi connectivity index (χ2n) is 9.41. The van der Waals surface area contributed by atoms with Crippen molar-refractivity contribution < 1.29 is 14.6 Å². The van der Waals surface area contributed by atoms with Gasteiger partial charge < -0.3 is 20.0 Å². The summed E-state index contributed by atoms with van der Waals surface area (Å²) in [5.41, 5.74) is 6.11. The van der Waals surface area contributed by atoms with Gasteiger partial charge in [0.15, 0.2) is 0 Å². The number of ether oxygens (including phenoxy) is 2. The summed E-state index contributed by atoms with van der Waals surface area (Å²) in [6.07, 6.45) is 8.79. The Balaban J connectivity index is 1.40. The zero-order valence-electron chi connectivity index (χ0n) is 19.9. The summed E-state index contributed by atoms with van der Waals surface area (Å²) in [4.78, 5) is 5.53. The molecule has 3 heterocycles. The Kier molecular flexibility index (Phi) is 8.13. The third-order valence-electron chi connectivity index (χ3n) is 7.00. The van der Waals surface area contributed by atoms with Crippen LogP contribution in [0.15, 0.2) is 18.0 Å². The fourth-order valence-electron chi connectivity index (χ4n) is 4.86. The van der Waals surface area contributed by atoms with E-state index in [-0.39, 0.29) is 12.2 Å². The standard InChI is InChI=1S/C24H40N4O3S/c1-4-22-14-20-6-10-27(19(2)17-30-12-7-23(20)32-22)15-21-16-28(26(3)25-21)18-24(8-5-9-24)31-13-11-29/h14,16,19,25,29H,4-13,15,17-18H2,1-3H3/t19-/m0/s1. The van der Waals surface area contributed by atoms with E-state index in [2.05, 4.69) is 53.6 Å². The molecule has 1 aliphatic carbocycles. The fourth-order valence-corrected chi connectivity index (χ4v) is 6.00. The van der Waals surface area contributed by atoms with Gasteiger partial charge in [0.2, 0.25) is 0 Å². The molecular weight excluding hydrogens is 424 g/mol. The zero-order valence-corrected chi connectivity index (χ0v) is 20.8. The summed E-state index contributed by atoms with van der Waals surface area (Å²) in [6, 6.07) is 2.78. The van der Waals surface area contributed by atoms with Crippen molar-refractivity contribution in [2.45, 2.75) is 64.0 Å². The van der Waals surface area contributed by atoms with Crippen LogP contribution in [0.3, 0.4) is 0 Å². The molecule has 0 unspecified atom stereocenters. The van der Waals surface area contributed by atoms with E-state index in [1.165, 1.54) is 27.4 Å². The number of hydrazine groups is 2. The zero-order chi connectivity index (χ0) is 22.6. The van der Waals surface area contributed by atoms with Crippen molar-refractivity contribution in [3.8, 4) is 0 Å². The average molecular weight is 465 g/mol. The molecule has 3 aliphatic rings. The molecule has 7 nitrogen and oxygen atoms in total. The quantitative estimate of drug-likeness (QED) is 0.613. The molecule has 32 heavy (non-hydrogen) atoms. The lowest BCUT2D eigenvalue weighted by molar-refractivity contribution is -0.142. The number of rotatable bonds is 8. The minimum atomic E-state index is -0.130. The lowest BCUT2D eigenvalue weighted by atomic mass is 9.79. The van der Waals surface area contributed by atoms with E-state index in [0.29, 0.717) is 12.6 Å². The molecule has 2 aliphatic heterocycles. The van der Waals surface area contributed by atoms with E-state index in [9.17, 15) is 5.11 Å². The van der Waals surface area contributed by atoms with E-state index in [1.807, 2.05) is 11.3 Å². The maximum absolute atomic E-state index is 9.18. The molecule has 1 aromatic heterocycles. The fraction of sp³-hybridized carbons (Fsp3) is 0.750. The normalized spacial score (nSPS) is 24.6. The molecular formula is C24H40N4O3S. The predicted molar refractivity (Wildman–Crippen MR) is 128 cm³/mol. The first-order valence-electron chi connectivity index (χ1n) is 12.2. The number of aryl methyl sites for hydroxylation is 1. The number of nitrogens with one attached hydrogen (secondary N) is 1. The minimum Gasteiger partial charge on any atom is -0.394 e. The van der Waals surface area contributed by atoms with E-state index in [0.717, 1.165) is 65.0 Å². The second kappa shape index (κ2) is 10.8. The summed E-state index contributed by atoms with van der Waals surface area (Å²) in [5, 5.41) is 13.5. The molecule has 1 aromatic rings. The maximum Gasteiger partial charge on any atom is 0.0874 e. The van der Waals surface area contributed by atoms with Crippen LogP contribution < -0.4 is 5.43 Å². The number of aliphatic hydroxyl groups is 1. The molecule has 0 spiro atoms. The van der Waals surface area contributed by atoms with Gasteiger partial charge >= 0.3 is 0 Å². The number of aliphatic hydroxyl groups excluding tert-OH is 1. The highest BCUT2D eigenvalue weighted by Crippen LogP contribution is 2.37. The molecule has 1 atom stereocenters. The Morgan fingerprint density at radius 1 is 1.34 bits per heavy atom. The largest absolute Gasteiger partial charge is 0.394 e. The van der Waals surface area contributed by atoms with Gasteiger partial charge in [-0.2, -0.15) is 0 Å². The Morgan fingerprint density at radius 3 is 2.91 bits per heavy atom. The Morgan fingerprint density at radius 2 is 2.19 bits per heavy atom. The average Bonchev–Trinajstić information content (AvgIpc) is 3.32. The van der Waals surface area contributed by atoms with Gasteiger partial charge in [-0.05, 0) is 50.7 Å². The van der Waals surface area contributed by atoms with Gasteiger partial charge in [0.1, 0.15) is 0 Å². The first kappa shape index (κ1) is 24.0. The highest BCUT2D eigenvalue weighted by atomic mass is 32.1. The van der Waals surface area contributed by atoms with E-state index in [4.69, 9.17) is 9.47 Å². The number of nitrogens with zero attached hydrogens (tertiary/aromatic N) is 3. The molecule has 0 amide bonds. The second-order valence-corrected chi connectivity index (χ2v) is 10.6. The van der Waals surface area contributed by atoms with Crippen LogP contribution >= 0.6 is 11.3 Å². The van der Waals surface area contributed by atoms with E-state index < -0.39 is 0 Å². The number of fused-ring (bicyclic) bond motifs is 1. The van der Waals surface area contributed by atoms with Crippen molar-refractivity contribution in [2.24, 2.45) is 0 Å². The van der Waals surface area contributed by atoms with Crippen LogP contribution in [-0.4, -0.2) is 84.9 Å². The van der Waals surface area contributed by atoms with Crippen molar-refractivity contribution >= 4 is 11.3 Å². The SMILES string of the molecule is CCc1cc2c(s1)CCOC[C@H](C)N(CC1=CN(CC3(OCCO)CCC3)N(C)N1)CC2. The van der Waals surface area contributed by atoms with Crippen molar-refractivity contribution in [1.29, 1.82) is 0 Å². The number of hydrogen-bond donors (Lipinski definition) is 2. The maximum atomic E-state index is 9.18. The summed E-state index contributed by atoms with van der Waals surface area (Å²) in [6.45, 7) is 9.31. The molecule has 0 radical (unpaired) electrons. The molecule has 1 fully saturated rings. The Labute approximate surface area is 196 Å². The highest BCUT2D eigenvalue weighted by molar-refractivity contribution is 7.12. The van der Waals surface area contributed by atoms with Crippen molar-refractivity contribution in [3.63, 3.8) is 0 Å². The molecule has 2 N–H and O–H groups in total. The van der Waals surface area contributed by atoms with Gasteiger partial charge in [0, 0.05) is 48.6 Å². The summed E-state index contributed by atoms with van der Waals surface area (Å²) >= 11 is 1.96. The molecule has 0 saturated heterocycles. The number of thiophene rings is 1. The van der Waals surface area contributed by atoms with Crippen molar-refractivity contribution in [2.75, 3.05) is 53.1 Å². The third kappa shape index (κ3) is 5.66. The topological polar surface area (TPSA) is 60.4 Å². The summed E-state index contributed by atoms with van der Waals surface area (Å²) in [7, 11) is 2.06. The van der Waals surface area contributed by atoms with Gasteiger partial charge in [0.25, 0.3) is 0 Å². The summed E-state index contributed by atoms with van der Waals surface area (Å²) in [5.74, 6) is 0. The molecule has 0 bridgehead atoms. The van der Waals surface area contributed by atoms with Crippen LogP contribution in [0, 0.1) is 0 Å². The first-order valence-corrected chi connectivity index (χ1v) is 13.0. The van der Waals surface area contributed by atoms with Crippen molar-refractivity contribution in [3.05, 3.63) is 33.3 Å². The van der Waals surface area contributed by atoms with Crippen LogP contribution in [0.1, 0.15) is 48.4 Å². The van der Waals surface area contributed by atoms with Gasteiger partial charge in [-0.25, -0.2) is 0 Å². The molecule has 180 valence electrons. The Bertz CT molecular complexity index is 779. The lowest BCUT2D eigenvalue weighted by Crippen LogP contribution is -2.53. The van der Waals surface area contributed by atoms with Gasteiger partial charge in [-0.3, -0.25) is 9.91 Å². The van der Waals surface area contributed by atoms with Crippen LogP contribution in [0.5, 0.6) is 0 Å². The van der Waals surface area contributed by atoms with Gasteiger partial charge in [0.05, 0.1) is 44.3 Å².